The van der Waals surface area contributed by atoms with Gasteiger partial charge in [-0.1, -0.05) is 12.6 Å². The molecule has 0 aliphatic heterocycles. The second kappa shape index (κ2) is 4.09. The Balaban J connectivity index is 3.39. The Morgan fingerprint density at radius 3 is 2.57 bits per heavy atom. The molecule has 14 heavy (non-hydrogen) atoms. The van der Waals surface area contributed by atoms with Crippen molar-refractivity contribution in [3.05, 3.63) is 41.5 Å². The van der Waals surface area contributed by atoms with Gasteiger partial charge in [0, 0.05) is 0 Å². The van der Waals surface area contributed by atoms with Gasteiger partial charge in [-0.3, -0.25) is 4.79 Å². The lowest BCUT2D eigenvalue weighted by Gasteiger charge is -2.10. The summed E-state index contributed by atoms with van der Waals surface area (Å²) in [6.07, 6.45) is 1.31. The second-order valence-corrected chi connectivity index (χ2v) is 3.23. The van der Waals surface area contributed by atoms with Crippen molar-refractivity contribution in [3.8, 4) is 5.75 Å². The number of carbonyl (C=O) groups excluding carboxylic acids is 1. The van der Waals surface area contributed by atoms with Crippen molar-refractivity contribution >= 4 is 5.78 Å². The van der Waals surface area contributed by atoms with Crippen molar-refractivity contribution in [2.75, 3.05) is 7.11 Å². The van der Waals surface area contributed by atoms with Crippen LogP contribution in [-0.4, -0.2) is 12.9 Å². The minimum Gasteiger partial charge on any atom is -0.496 e. The highest BCUT2D eigenvalue weighted by molar-refractivity contribution is 6.07. The number of hydrogen-bond acceptors (Lipinski definition) is 2. The van der Waals surface area contributed by atoms with E-state index < -0.39 is 0 Å². The summed E-state index contributed by atoms with van der Waals surface area (Å²) in [4.78, 5) is 11.5. The van der Waals surface area contributed by atoms with Crippen LogP contribution in [0.3, 0.4) is 0 Å². The van der Waals surface area contributed by atoms with Gasteiger partial charge in [-0.25, -0.2) is 0 Å². The molecule has 0 amide bonds. The number of benzene rings is 1. The second-order valence-electron chi connectivity index (χ2n) is 3.23. The topological polar surface area (TPSA) is 26.3 Å². The Hall–Kier alpha value is -1.57. The summed E-state index contributed by atoms with van der Waals surface area (Å²) in [5, 5.41) is 0. The zero-order chi connectivity index (χ0) is 10.7. The summed E-state index contributed by atoms with van der Waals surface area (Å²) in [7, 11) is 1.56. The van der Waals surface area contributed by atoms with Crippen molar-refractivity contribution in [2.45, 2.75) is 13.8 Å². The van der Waals surface area contributed by atoms with Crippen LogP contribution in [0.2, 0.25) is 0 Å². The number of ketones is 1. The van der Waals surface area contributed by atoms with Gasteiger partial charge in [-0.05, 0) is 37.1 Å². The molecule has 0 fully saturated rings. The van der Waals surface area contributed by atoms with Crippen molar-refractivity contribution in [3.63, 3.8) is 0 Å². The highest BCUT2D eigenvalue weighted by Crippen LogP contribution is 2.24. The molecule has 1 aromatic carbocycles. The maximum Gasteiger partial charge on any atom is 0.189 e. The Morgan fingerprint density at radius 2 is 2.07 bits per heavy atom. The number of carbonyl (C=O) groups is 1. The fourth-order valence-corrected chi connectivity index (χ4v) is 1.51. The quantitative estimate of drug-likeness (QED) is 0.541. The van der Waals surface area contributed by atoms with E-state index in [1.165, 1.54) is 6.08 Å². The molecule has 0 aliphatic rings. The molecular weight excluding hydrogens is 176 g/mol. The fraction of sp³-hybridized carbons (Fsp3) is 0.250. The third kappa shape index (κ3) is 1.84. The van der Waals surface area contributed by atoms with E-state index in [9.17, 15) is 4.79 Å². The van der Waals surface area contributed by atoms with E-state index in [-0.39, 0.29) is 5.78 Å². The number of aryl methyl sites for hydroxylation is 2. The van der Waals surface area contributed by atoms with E-state index in [4.69, 9.17) is 4.74 Å². The Labute approximate surface area is 84.2 Å². The highest BCUT2D eigenvalue weighted by atomic mass is 16.5. The molecule has 0 aliphatic carbocycles. The van der Waals surface area contributed by atoms with Crippen LogP contribution in [-0.2, 0) is 0 Å². The first kappa shape index (κ1) is 10.5. The number of methoxy groups -OCH3 is 1. The predicted octanol–water partition coefficient (Wildman–Crippen LogP) is 2.68. The number of rotatable bonds is 3. The molecule has 0 bridgehead atoms. The van der Waals surface area contributed by atoms with Gasteiger partial charge < -0.3 is 4.74 Å². The summed E-state index contributed by atoms with van der Waals surface area (Å²) in [5.41, 5.74) is 2.61. The summed E-state index contributed by atoms with van der Waals surface area (Å²) < 4.78 is 5.16. The summed E-state index contributed by atoms with van der Waals surface area (Å²) in [5.74, 6) is 0.520. The molecule has 74 valence electrons. The predicted molar refractivity (Wildman–Crippen MR) is 57.0 cm³/mol. The van der Waals surface area contributed by atoms with E-state index in [0.717, 1.165) is 11.1 Å². The lowest BCUT2D eigenvalue weighted by molar-refractivity contribution is 0.104. The van der Waals surface area contributed by atoms with E-state index in [1.54, 1.807) is 7.11 Å². The van der Waals surface area contributed by atoms with Crippen LogP contribution >= 0.6 is 0 Å². The van der Waals surface area contributed by atoms with E-state index >= 15 is 0 Å². The van der Waals surface area contributed by atoms with Crippen LogP contribution in [0.4, 0.5) is 0 Å². The van der Waals surface area contributed by atoms with Crippen molar-refractivity contribution in [2.24, 2.45) is 0 Å². The maximum atomic E-state index is 11.5. The third-order valence-corrected chi connectivity index (χ3v) is 2.10. The van der Waals surface area contributed by atoms with Crippen LogP contribution in [0.5, 0.6) is 5.75 Å². The van der Waals surface area contributed by atoms with Crippen molar-refractivity contribution < 1.29 is 9.53 Å². The van der Waals surface area contributed by atoms with Crippen molar-refractivity contribution in [1.82, 2.24) is 0 Å². The molecule has 0 spiro atoms. The van der Waals surface area contributed by atoms with E-state index in [2.05, 4.69) is 6.58 Å². The Kier molecular flexibility index (Phi) is 3.07. The van der Waals surface area contributed by atoms with Gasteiger partial charge in [0.05, 0.1) is 12.7 Å². The monoisotopic (exact) mass is 190 g/mol. The Morgan fingerprint density at radius 1 is 1.43 bits per heavy atom. The summed E-state index contributed by atoms with van der Waals surface area (Å²) >= 11 is 0. The normalized spacial score (nSPS) is 9.64. The van der Waals surface area contributed by atoms with Crippen LogP contribution in [0.15, 0.2) is 24.8 Å². The fourth-order valence-electron chi connectivity index (χ4n) is 1.51. The van der Waals surface area contributed by atoms with Crippen LogP contribution in [0.1, 0.15) is 21.5 Å². The molecule has 0 N–H and O–H groups in total. The largest absolute Gasteiger partial charge is 0.496 e. The highest BCUT2D eigenvalue weighted by Gasteiger charge is 2.12. The molecule has 0 atom stereocenters. The SMILES string of the molecule is C=CC(=O)c1c(C)cc(C)cc1OC. The first-order valence-electron chi connectivity index (χ1n) is 4.42. The van der Waals surface area contributed by atoms with E-state index in [0.29, 0.717) is 11.3 Å². The Bertz CT molecular complexity index is 378. The lowest BCUT2D eigenvalue weighted by atomic mass is 10.0. The van der Waals surface area contributed by atoms with Crippen LogP contribution in [0.25, 0.3) is 0 Å². The van der Waals surface area contributed by atoms with Crippen molar-refractivity contribution in [1.29, 1.82) is 0 Å². The molecule has 1 rings (SSSR count). The standard InChI is InChI=1S/C12H14O2/c1-5-10(13)12-9(3)6-8(2)7-11(12)14-4/h5-7H,1H2,2-4H3. The van der Waals surface area contributed by atoms with Gasteiger partial charge in [0.2, 0.25) is 0 Å². The lowest BCUT2D eigenvalue weighted by Crippen LogP contribution is -2.02. The first-order chi connectivity index (χ1) is 6.60. The first-order valence-corrected chi connectivity index (χ1v) is 4.42. The molecule has 2 heteroatoms. The van der Waals surface area contributed by atoms with Gasteiger partial charge in [0.15, 0.2) is 5.78 Å². The molecule has 0 heterocycles. The molecule has 1 aromatic rings. The number of ether oxygens (including phenoxy) is 1. The van der Waals surface area contributed by atoms with E-state index in [1.807, 2.05) is 26.0 Å². The molecule has 0 aromatic heterocycles. The number of hydrogen-bond donors (Lipinski definition) is 0. The molecule has 0 unspecified atom stereocenters. The minimum absolute atomic E-state index is 0.0978. The molecule has 0 saturated carbocycles. The molecular formula is C12H14O2. The summed E-state index contributed by atoms with van der Waals surface area (Å²) in [6.45, 7) is 7.34. The van der Waals surface area contributed by atoms with Gasteiger partial charge in [-0.15, -0.1) is 0 Å². The molecule has 2 nitrogen and oxygen atoms in total. The van der Waals surface area contributed by atoms with Crippen LogP contribution < -0.4 is 4.74 Å². The van der Waals surface area contributed by atoms with Gasteiger partial charge in [-0.2, -0.15) is 0 Å². The smallest absolute Gasteiger partial charge is 0.189 e. The summed E-state index contributed by atoms with van der Waals surface area (Å²) in [6, 6.07) is 3.81. The maximum absolute atomic E-state index is 11.5. The van der Waals surface area contributed by atoms with Gasteiger partial charge in [0.1, 0.15) is 5.75 Å². The minimum atomic E-state index is -0.0978. The zero-order valence-electron chi connectivity index (χ0n) is 8.76. The third-order valence-electron chi connectivity index (χ3n) is 2.10. The average molecular weight is 190 g/mol. The molecule has 0 saturated heterocycles. The zero-order valence-corrected chi connectivity index (χ0v) is 8.76. The average Bonchev–Trinajstić information content (AvgIpc) is 2.15. The van der Waals surface area contributed by atoms with Gasteiger partial charge in [0.25, 0.3) is 0 Å². The number of allylic oxidation sites excluding steroid dienone is 1. The van der Waals surface area contributed by atoms with Gasteiger partial charge >= 0.3 is 0 Å². The molecule has 0 radical (unpaired) electrons. The van der Waals surface area contributed by atoms with Crippen LogP contribution in [0, 0.1) is 13.8 Å².